The van der Waals surface area contributed by atoms with Gasteiger partial charge in [0.1, 0.15) is 5.75 Å². The summed E-state index contributed by atoms with van der Waals surface area (Å²) in [5.41, 5.74) is 2.39. The molecule has 0 radical (unpaired) electrons. The number of aromatic nitrogens is 2. The van der Waals surface area contributed by atoms with Gasteiger partial charge in [0.05, 0.1) is 23.7 Å². The molecule has 1 aliphatic heterocycles. The molecule has 0 bridgehead atoms. The number of likely N-dealkylation sites (N-methyl/N-ethyl adjacent to an activating group) is 1. The Balaban J connectivity index is 1.73. The Bertz CT molecular complexity index is 1830. The molecule has 192 valence electrons. The highest BCUT2D eigenvalue weighted by Gasteiger charge is 2.22. The number of benzene rings is 3. The predicted molar refractivity (Wildman–Crippen MR) is 145 cm³/mol. The van der Waals surface area contributed by atoms with Crippen LogP contribution in [-0.2, 0) is 6.54 Å². The number of aromatic carboxylic acids is 1. The molecular formula is C29H25N3O6. The lowest BCUT2D eigenvalue weighted by Crippen LogP contribution is -2.27. The van der Waals surface area contributed by atoms with Gasteiger partial charge in [0.25, 0.3) is 5.56 Å². The summed E-state index contributed by atoms with van der Waals surface area (Å²) in [7, 11) is 5.44. The Morgan fingerprint density at radius 2 is 1.79 bits per heavy atom. The number of nitrogens with zero attached hydrogens (tertiary/aromatic N) is 3. The van der Waals surface area contributed by atoms with Crippen molar-refractivity contribution < 1.29 is 24.1 Å². The molecule has 9 nitrogen and oxygen atoms in total. The first-order chi connectivity index (χ1) is 18.4. The molecule has 0 amide bonds. The van der Waals surface area contributed by atoms with Crippen LogP contribution in [-0.4, -0.2) is 60.1 Å². The van der Waals surface area contributed by atoms with Crippen LogP contribution in [0.4, 0.5) is 0 Å². The third kappa shape index (κ3) is 3.71. The Morgan fingerprint density at radius 1 is 1.03 bits per heavy atom. The number of pyridine rings is 2. The number of hydrogen-bond donors (Lipinski definition) is 1. The average molecular weight is 512 g/mol. The van der Waals surface area contributed by atoms with Gasteiger partial charge in [0, 0.05) is 52.5 Å². The van der Waals surface area contributed by atoms with Gasteiger partial charge in [0.2, 0.25) is 6.79 Å². The van der Waals surface area contributed by atoms with E-state index in [2.05, 4.69) is 0 Å². The Labute approximate surface area is 217 Å². The van der Waals surface area contributed by atoms with Crippen LogP contribution in [0.3, 0.4) is 0 Å². The number of methoxy groups -OCH3 is 1. The quantitative estimate of drug-likeness (QED) is 0.336. The monoisotopic (exact) mass is 511 g/mol. The van der Waals surface area contributed by atoms with E-state index < -0.39 is 5.97 Å². The van der Waals surface area contributed by atoms with Gasteiger partial charge in [-0.2, -0.15) is 0 Å². The maximum Gasteiger partial charge on any atom is 0.336 e. The highest BCUT2D eigenvalue weighted by atomic mass is 16.7. The van der Waals surface area contributed by atoms with Crippen molar-refractivity contribution in [3.63, 3.8) is 0 Å². The van der Waals surface area contributed by atoms with Crippen LogP contribution in [0.15, 0.2) is 59.5 Å². The van der Waals surface area contributed by atoms with Gasteiger partial charge in [-0.15, -0.1) is 0 Å². The molecule has 0 saturated carbocycles. The summed E-state index contributed by atoms with van der Waals surface area (Å²) in [6.07, 6.45) is 1.76. The van der Waals surface area contributed by atoms with Gasteiger partial charge in [-0.1, -0.05) is 18.2 Å². The minimum absolute atomic E-state index is 0.127. The maximum atomic E-state index is 14.1. The van der Waals surface area contributed by atoms with Gasteiger partial charge in [-0.25, -0.2) is 4.79 Å². The van der Waals surface area contributed by atoms with E-state index in [0.717, 1.165) is 16.3 Å². The highest BCUT2D eigenvalue weighted by molar-refractivity contribution is 6.15. The number of carboxylic acids is 1. The Morgan fingerprint density at radius 3 is 2.53 bits per heavy atom. The van der Waals surface area contributed by atoms with Crippen LogP contribution in [0.1, 0.15) is 10.4 Å². The van der Waals surface area contributed by atoms with Crippen LogP contribution >= 0.6 is 0 Å². The van der Waals surface area contributed by atoms with Gasteiger partial charge in [0.15, 0.2) is 11.5 Å². The standard InChI is InChI=1S/C29H25N3O6/c1-31(2)8-9-32-27-21-12-25-26(38-15-37-25)13-23(21)30-14-22(27)18-11-24(36-3)19(10-20(18)28(32)33)16-6-4-5-7-17(16)29(34)35/h4-7,10-14H,8-9,15H2,1-3H3,(H,34,35). The summed E-state index contributed by atoms with van der Waals surface area (Å²) in [6.45, 7) is 1.22. The van der Waals surface area contributed by atoms with Crippen molar-refractivity contribution in [2.75, 3.05) is 34.5 Å². The summed E-state index contributed by atoms with van der Waals surface area (Å²) < 4.78 is 18.7. The van der Waals surface area contributed by atoms with Crippen molar-refractivity contribution in [1.82, 2.24) is 14.5 Å². The number of ether oxygens (including phenoxy) is 3. The highest BCUT2D eigenvalue weighted by Crippen LogP contribution is 2.41. The van der Waals surface area contributed by atoms with E-state index in [1.165, 1.54) is 13.2 Å². The summed E-state index contributed by atoms with van der Waals surface area (Å²) in [4.78, 5) is 32.8. The summed E-state index contributed by atoms with van der Waals surface area (Å²) in [5, 5.41) is 12.5. The van der Waals surface area contributed by atoms with Crippen LogP contribution in [0.2, 0.25) is 0 Å². The normalized spacial score (nSPS) is 12.6. The van der Waals surface area contributed by atoms with Gasteiger partial charge < -0.3 is 28.8 Å². The molecule has 5 aromatic rings. The molecule has 3 aromatic carbocycles. The zero-order valence-electron chi connectivity index (χ0n) is 21.1. The molecular weight excluding hydrogens is 486 g/mol. The van der Waals surface area contributed by atoms with Crippen molar-refractivity contribution in [3.05, 3.63) is 70.6 Å². The predicted octanol–water partition coefficient (Wildman–Crippen LogP) is 4.37. The number of rotatable bonds is 6. The van der Waals surface area contributed by atoms with Crippen LogP contribution in [0, 0.1) is 0 Å². The van der Waals surface area contributed by atoms with Crippen LogP contribution < -0.4 is 19.8 Å². The second-order valence-electron chi connectivity index (χ2n) is 9.45. The molecule has 1 aliphatic rings. The smallest absolute Gasteiger partial charge is 0.336 e. The van der Waals surface area contributed by atoms with Crippen molar-refractivity contribution in [3.8, 4) is 28.4 Å². The van der Waals surface area contributed by atoms with Gasteiger partial charge in [-0.05, 0) is 43.9 Å². The summed E-state index contributed by atoms with van der Waals surface area (Å²) in [5.74, 6) is 0.634. The first kappa shape index (κ1) is 23.7. The topological polar surface area (TPSA) is 103 Å². The number of carboxylic acid groups (broad SMARTS) is 1. The molecule has 1 N–H and O–H groups in total. The largest absolute Gasteiger partial charge is 0.496 e. The Kier molecular flexibility index (Phi) is 5.65. The summed E-state index contributed by atoms with van der Waals surface area (Å²) in [6, 6.07) is 13.9. The lowest BCUT2D eigenvalue weighted by molar-refractivity contribution is 0.0697. The molecule has 3 heterocycles. The lowest BCUT2D eigenvalue weighted by Gasteiger charge is -2.19. The van der Waals surface area contributed by atoms with Crippen molar-refractivity contribution >= 4 is 38.5 Å². The molecule has 0 unspecified atom stereocenters. The molecule has 6 rings (SSSR count). The van der Waals surface area contributed by atoms with E-state index in [1.807, 2.05) is 31.1 Å². The van der Waals surface area contributed by atoms with Gasteiger partial charge >= 0.3 is 5.97 Å². The zero-order valence-corrected chi connectivity index (χ0v) is 21.1. The van der Waals surface area contributed by atoms with Crippen molar-refractivity contribution in [1.29, 1.82) is 0 Å². The van der Waals surface area contributed by atoms with E-state index in [1.54, 1.807) is 41.1 Å². The molecule has 2 aromatic heterocycles. The van der Waals surface area contributed by atoms with E-state index in [4.69, 9.17) is 19.2 Å². The zero-order chi connectivity index (χ0) is 26.6. The van der Waals surface area contributed by atoms with Crippen LogP contribution in [0.25, 0.3) is 43.7 Å². The molecule has 38 heavy (non-hydrogen) atoms. The van der Waals surface area contributed by atoms with E-state index in [0.29, 0.717) is 57.8 Å². The maximum absolute atomic E-state index is 14.1. The van der Waals surface area contributed by atoms with Gasteiger partial charge in [-0.3, -0.25) is 9.78 Å². The second kappa shape index (κ2) is 9.04. The third-order valence-corrected chi connectivity index (χ3v) is 6.93. The van der Waals surface area contributed by atoms with E-state index in [9.17, 15) is 14.7 Å². The molecule has 0 spiro atoms. The Hall–Kier alpha value is -4.63. The minimum atomic E-state index is -1.06. The third-order valence-electron chi connectivity index (χ3n) is 6.93. The molecule has 0 saturated heterocycles. The fourth-order valence-electron chi connectivity index (χ4n) is 5.08. The van der Waals surface area contributed by atoms with Crippen molar-refractivity contribution in [2.45, 2.75) is 6.54 Å². The number of hydrogen-bond acceptors (Lipinski definition) is 7. The SMILES string of the molecule is COc1cc2c(cc1-c1ccccc1C(=O)O)c(=O)n(CCN(C)C)c1c3cc4c(cc3ncc21)OCO4. The van der Waals surface area contributed by atoms with E-state index in [-0.39, 0.29) is 17.9 Å². The fourth-order valence-corrected chi connectivity index (χ4v) is 5.08. The average Bonchev–Trinajstić information content (AvgIpc) is 3.38. The van der Waals surface area contributed by atoms with Crippen LogP contribution in [0.5, 0.6) is 17.2 Å². The molecule has 9 heteroatoms. The van der Waals surface area contributed by atoms with E-state index >= 15 is 0 Å². The first-order valence-corrected chi connectivity index (χ1v) is 12.1. The number of carbonyl (C=O) groups is 1. The molecule has 0 atom stereocenters. The molecule has 0 aliphatic carbocycles. The molecule has 0 fully saturated rings. The number of fused-ring (bicyclic) bond motifs is 6. The summed E-state index contributed by atoms with van der Waals surface area (Å²) >= 11 is 0. The van der Waals surface area contributed by atoms with Crippen molar-refractivity contribution in [2.24, 2.45) is 0 Å². The minimum Gasteiger partial charge on any atom is -0.496 e. The lowest BCUT2D eigenvalue weighted by atomic mass is 9.95. The first-order valence-electron chi connectivity index (χ1n) is 12.1. The fraction of sp³-hybridized carbons (Fsp3) is 0.207. The second-order valence-corrected chi connectivity index (χ2v) is 9.45.